The highest BCUT2D eigenvalue weighted by Crippen LogP contribution is 2.35. The molecule has 0 amide bonds. The third kappa shape index (κ3) is 4.23. The van der Waals surface area contributed by atoms with Gasteiger partial charge in [0.25, 0.3) is 0 Å². The minimum atomic E-state index is -4.43. The second kappa shape index (κ2) is 6.81. The number of aromatic nitrogens is 1. The van der Waals surface area contributed by atoms with Crippen LogP contribution in [0.3, 0.4) is 0 Å². The molecule has 3 nitrogen and oxygen atoms in total. The zero-order chi connectivity index (χ0) is 16.2. The van der Waals surface area contributed by atoms with E-state index in [0.29, 0.717) is 10.5 Å². The Kier molecular flexibility index (Phi) is 5.06. The SMILES string of the molecule is Cc1cccc(C(NSc2cncc(C#N)c2)C(F)(F)F)c1. The highest BCUT2D eigenvalue weighted by molar-refractivity contribution is 7.97. The molecule has 114 valence electrons. The molecule has 0 spiro atoms. The third-order valence-electron chi connectivity index (χ3n) is 2.84. The fourth-order valence-electron chi connectivity index (χ4n) is 1.84. The van der Waals surface area contributed by atoms with E-state index in [1.807, 2.05) is 6.07 Å². The summed E-state index contributed by atoms with van der Waals surface area (Å²) in [6.45, 7) is 1.74. The van der Waals surface area contributed by atoms with Crippen LogP contribution in [0.1, 0.15) is 22.7 Å². The van der Waals surface area contributed by atoms with Crippen LogP contribution in [-0.4, -0.2) is 11.2 Å². The van der Waals surface area contributed by atoms with E-state index in [0.717, 1.165) is 17.5 Å². The molecule has 1 aromatic carbocycles. The summed E-state index contributed by atoms with van der Waals surface area (Å²) < 4.78 is 42.1. The van der Waals surface area contributed by atoms with Crippen LogP contribution < -0.4 is 4.72 Å². The predicted molar refractivity (Wildman–Crippen MR) is 77.9 cm³/mol. The number of rotatable bonds is 4. The Labute approximate surface area is 130 Å². The number of nitrogens with one attached hydrogen (secondary N) is 1. The standard InChI is InChI=1S/C15H12F3N3S/c1-10-3-2-4-12(5-10)14(15(16,17)18)21-22-13-6-11(7-19)8-20-9-13/h2-6,8-9,14,21H,1H3. The first kappa shape index (κ1) is 16.3. The number of hydrogen-bond acceptors (Lipinski definition) is 4. The summed E-state index contributed by atoms with van der Waals surface area (Å²) in [6, 6.07) is 7.84. The summed E-state index contributed by atoms with van der Waals surface area (Å²) in [4.78, 5) is 4.26. The molecular formula is C15H12F3N3S. The first-order chi connectivity index (χ1) is 10.4. The summed E-state index contributed by atoms with van der Waals surface area (Å²) in [5.41, 5.74) is 1.20. The van der Waals surface area contributed by atoms with E-state index in [9.17, 15) is 13.2 Å². The van der Waals surface area contributed by atoms with Gasteiger partial charge in [-0.1, -0.05) is 29.8 Å². The lowest BCUT2D eigenvalue weighted by Crippen LogP contribution is -2.30. The molecule has 1 heterocycles. The maximum absolute atomic E-state index is 13.2. The molecule has 0 radical (unpaired) electrons. The Morgan fingerprint density at radius 2 is 2.05 bits per heavy atom. The number of nitrogens with zero attached hydrogens (tertiary/aromatic N) is 2. The minimum Gasteiger partial charge on any atom is -0.262 e. The van der Waals surface area contributed by atoms with E-state index in [1.165, 1.54) is 30.6 Å². The Morgan fingerprint density at radius 1 is 1.27 bits per heavy atom. The van der Waals surface area contributed by atoms with Gasteiger partial charge < -0.3 is 0 Å². The van der Waals surface area contributed by atoms with Crippen molar-refractivity contribution in [3.63, 3.8) is 0 Å². The van der Waals surface area contributed by atoms with Crippen molar-refractivity contribution in [2.45, 2.75) is 24.0 Å². The van der Waals surface area contributed by atoms with Crippen LogP contribution >= 0.6 is 11.9 Å². The summed E-state index contributed by atoms with van der Waals surface area (Å²) >= 11 is 0.802. The van der Waals surface area contributed by atoms with Gasteiger partial charge in [-0.15, -0.1) is 0 Å². The van der Waals surface area contributed by atoms with E-state index < -0.39 is 12.2 Å². The molecule has 0 saturated heterocycles. The topological polar surface area (TPSA) is 48.7 Å². The molecule has 1 aromatic heterocycles. The van der Waals surface area contributed by atoms with Crippen molar-refractivity contribution in [1.82, 2.24) is 9.71 Å². The monoisotopic (exact) mass is 323 g/mol. The van der Waals surface area contributed by atoms with Crippen molar-refractivity contribution in [3.8, 4) is 6.07 Å². The first-order valence-electron chi connectivity index (χ1n) is 6.31. The summed E-state index contributed by atoms with van der Waals surface area (Å²) in [6.07, 6.45) is -1.67. The summed E-state index contributed by atoms with van der Waals surface area (Å²) in [5.74, 6) is 0. The van der Waals surface area contributed by atoms with E-state index in [2.05, 4.69) is 9.71 Å². The molecule has 1 atom stereocenters. The third-order valence-corrected chi connectivity index (χ3v) is 3.65. The number of aryl methyl sites for hydroxylation is 1. The van der Waals surface area contributed by atoms with Crippen molar-refractivity contribution < 1.29 is 13.2 Å². The predicted octanol–water partition coefficient (Wildman–Crippen LogP) is 4.16. The number of nitriles is 1. The molecule has 2 aromatic rings. The van der Waals surface area contributed by atoms with Crippen molar-refractivity contribution in [3.05, 3.63) is 59.4 Å². The Bertz CT molecular complexity index is 695. The lowest BCUT2D eigenvalue weighted by Gasteiger charge is -2.21. The summed E-state index contributed by atoms with van der Waals surface area (Å²) in [7, 11) is 0. The average Bonchev–Trinajstić information content (AvgIpc) is 2.46. The lowest BCUT2D eigenvalue weighted by molar-refractivity contribution is -0.152. The van der Waals surface area contributed by atoms with Crippen molar-refractivity contribution >= 4 is 11.9 Å². The normalized spacial score (nSPS) is 12.7. The number of benzene rings is 1. The van der Waals surface area contributed by atoms with Crippen LogP contribution in [0.15, 0.2) is 47.6 Å². The van der Waals surface area contributed by atoms with Gasteiger partial charge >= 0.3 is 6.18 Å². The zero-order valence-electron chi connectivity index (χ0n) is 11.6. The number of pyridine rings is 1. The van der Waals surface area contributed by atoms with Crippen LogP contribution in [0.4, 0.5) is 13.2 Å². The van der Waals surface area contributed by atoms with Gasteiger partial charge in [0, 0.05) is 17.3 Å². The maximum Gasteiger partial charge on any atom is 0.408 e. The smallest absolute Gasteiger partial charge is 0.262 e. The largest absolute Gasteiger partial charge is 0.408 e. The van der Waals surface area contributed by atoms with Gasteiger partial charge in [-0.2, -0.15) is 18.4 Å². The Morgan fingerprint density at radius 3 is 2.68 bits per heavy atom. The molecular weight excluding hydrogens is 311 g/mol. The second-order valence-electron chi connectivity index (χ2n) is 4.63. The number of halogens is 3. The van der Waals surface area contributed by atoms with E-state index in [4.69, 9.17) is 5.26 Å². The number of hydrogen-bond donors (Lipinski definition) is 1. The average molecular weight is 323 g/mol. The second-order valence-corrected chi connectivity index (χ2v) is 5.54. The van der Waals surface area contributed by atoms with Crippen LogP contribution in [-0.2, 0) is 0 Å². The van der Waals surface area contributed by atoms with Gasteiger partial charge in [-0.25, -0.2) is 4.72 Å². The van der Waals surface area contributed by atoms with Crippen molar-refractivity contribution in [2.75, 3.05) is 0 Å². The molecule has 0 aliphatic heterocycles. The molecule has 2 rings (SSSR count). The van der Waals surface area contributed by atoms with Gasteiger partial charge in [-0.05, 0) is 30.5 Å². The molecule has 0 fully saturated rings. The maximum atomic E-state index is 13.2. The molecule has 1 N–H and O–H groups in total. The van der Waals surface area contributed by atoms with Gasteiger partial charge in [0.2, 0.25) is 0 Å². The Balaban J connectivity index is 2.19. The zero-order valence-corrected chi connectivity index (χ0v) is 12.4. The number of alkyl halides is 3. The van der Waals surface area contributed by atoms with Crippen molar-refractivity contribution in [1.29, 1.82) is 5.26 Å². The molecule has 7 heteroatoms. The van der Waals surface area contributed by atoms with Crippen LogP contribution in [0.2, 0.25) is 0 Å². The first-order valence-corrected chi connectivity index (χ1v) is 7.12. The molecule has 0 aliphatic rings. The molecule has 0 saturated carbocycles. The summed E-state index contributed by atoms with van der Waals surface area (Å²) in [5, 5.41) is 8.78. The van der Waals surface area contributed by atoms with Gasteiger partial charge in [0.1, 0.15) is 12.1 Å². The minimum absolute atomic E-state index is 0.143. The quantitative estimate of drug-likeness (QED) is 0.858. The van der Waals surface area contributed by atoms with E-state index >= 15 is 0 Å². The van der Waals surface area contributed by atoms with Gasteiger partial charge in [0.15, 0.2) is 0 Å². The van der Waals surface area contributed by atoms with Crippen LogP contribution in [0.25, 0.3) is 0 Å². The fourth-order valence-corrected chi connectivity index (χ4v) is 2.66. The van der Waals surface area contributed by atoms with Gasteiger partial charge in [-0.3, -0.25) is 4.98 Å². The van der Waals surface area contributed by atoms with E-state index in [1.54, 1.807) is 19.1 Å². The molecule has 22 heavy (non-hydrogen) atoms. The lowest BCUT2D eigenvalue weighted by atomic mass is 10.1. The highest BCUT2D eigenvalue weighted by Gasteiger charge is 2.40. The van der Waals surface area contributed by atoms with Crippen LogP contribution in [0.5, 0.6) is 0 Å². The van der Waals surface area contributed by atoms with Crippen LogP contribution in [0, 0.1) is 18.3 Å². The van der Waals surface area contributed by atoms with Gasteiger partial charge in [0.05, 0.1) is 5.56 Å². The van der Waals surface area contributed by atoms with E-state index in [-0.39, 0.29) is 5.56 Å². The Hall–Kier alpha value is -2.04. The fraction of sp³-hybridized carbons (Fsp3) is 0.200. The molecule has 0 aliphatic carbocycles. The molecule has 0 bridgehead atoms. The molecule has 1 unspecified atom stereocenters. The highest BCUT2D eigenvalue weighted by atomic mass is 32.2. The van der Waals surface area contributed by atoms with Crippen molar-refractivity contribution in [2.24, 2.45) is 0 Å².